The van der Waals surface area contributed by atoms with Gasteiger partial charge in [-0.25, -0.2) is 0 Å². The fourth-order valence-corrected chi connectivity index (χ4v) is 4.33. The van der Waals surface area contributed by atoms with Crippen molar-refractivity contribution in [1.29, 1.82) is 0 Å². The first kappa shape index (κ1) is 19.6. The molecule has 0 bridgehead atoms. The van der Waals surface area contributed by atoms with Crippen molar-refractivity contribution in [3.05, 3.63) is 65.1 Å². The number of hydrogen-bond acceptors (Lipinski definition) is 3. The molecule has 144 valence electrons. The Morgan fingerprint density at radius 1 is 1.19 bits per heavy atom. The van der Waals surface area contributed by atoms with E-state index in [9.17, 15) is 0 Å². The summed E-state index contributed by atoms with van der Waals surface area (Å²) >= 11 is 0. The third-order valence-corrected chi connectivity index (χ3v) is 5.70. The van der Waals surface area contributed by atoms with Crippen LogP contribution in [0.25, 0.3) is 10.9 Å². The van der Waals surface area contributed by atoms with E-state index in [0.29, 0.717) is 12.5 Å². The predicted molar refractivity (Wildman–Crippen MR) is 114 cm³/mol. The molecule has 4 nitrogen and oxygen atoms in total. The largest absolute Gasteiger partial charge is 0.344 e. The van der Waals surface area contributed by atoms with Gasteiger partial charge in [0.05, 0.1) is 0 Å². The van der Waals surface area contributed by atoms with E-state index in [4.69, 9.17) is 5.73 Å². The minimum absolute atomic E-state index is 0. The molecule has 0 radical (unpaired) electrons. The summed E-state index contributed by atoms with van der Waals surface area (Å²) in [6, 6.07) is 11.2. The molecule has 4 heteroatoms. The highest BCUT2D eigenvalue weighted by atomic mass is 15.1. The maximum atomic E-state index is 5.95. The van der Waals surface area contributed by atoms with Gasteiger partial charge < -0.3 is 15.2 Å². The van der Waals surface area contributed by atoms with Crippen LogP contribution in [-0.4, -0.2) is 34.6 Å². The summed E-state index contributed by atoms with van der Waals surface area (Å²) in [6.07, 6.45) is 5.89. The van der Waals surface area contributed by atoms with Gasteiger partial charge in [-0.3, -0.25) is 4.98 Å². The maximum absolute atomic E-state index is 5.95. The molecule has 4 rings (SSSR count). The molecule has 27 heavy (non-hydrogen) atoms. The number of hydrogen-bond donors (Lipinski definition) is 1. The van der Waals surface area contributed by atoms with Gasteiger partial charge in [0.25, 0.3) is 0 Å². The highest BCUT2D eigenvalue weighted by molar-refractivity contribution is 5.86. The van der Waals surface area contributed by atoms with Crippen LogP contribution in [0, 0.1) is 6.92 Å². The summed E-state index contributed by atoms with van der Waals surface area (Å²) in [5.41, 5.74) is 13.0. The highest BCUT2D eigenvalue weighted by Crippen LogP contribution is 2.33. The number of nitrogens with two attached hydrogens (primary N) is 1. The Balaban J connectivity index is 0.00000210. The van der Waals surface area contributed by atoms with Gasteiger partial charge in [-0.15, -0.1) is 0 Å². The second kappa shape index (κ2) is 8.24. The Kier molecular flexibility index (Phi) is 5.98. The number of aromatic nitrogens is 2. The summed E-state index contributed by atoms with van der Waals surface area (Å²) in [4.78, 5) is 6.60. The van der Waals surface area contributed by atoms with Crippen molar-refractivity contribution < 1.29 is 0 Å². The highest BCUT2D eigenvalue weighted by Gasteiger charge is 2.24. The molecular weight excluding hydrogens is 332 g/mol. The molecule has 1 aliphatic heterocycles. The first-order chi connectivity index (χ1) is 12.7. The van der Waals surface area contributed by atoms with E-state index < -0.39 is 0 Å². The van der Waals surface area contributed by atoms with Gasteiger partial charge in [0.15, 0.2) is 0 Å². The van der Waals surface area contributed by atoms with Crippen molar-refractivity contribution in [2.75, 3.05) is 20.1 Å². The van der Waals surface area contributed by atoms with Gasteiger partial charge in [-0.05, 0) is 62.3 Å². The first-order valence-corrected chi connectivity index (χ1v) is 9.56. The predicted octanol–water partition coefficient (Wildman–Crippen LogP) is 4.10. The average molecular weight is 365 g/mol. The second-order valence-corrected chi connectivity index (χ2v) is 7.60. The summed E-state index contributed by atoms with van der Waals surface area (Å²) < 4.78 is 2.57. The van der Waals surface area contributed by atoms with Crippen LogP contribution in [0.4, 0.5) is 0 Å². The Morgan fingerprint density at radius 2 is 1.96 bits per heavy atom. The van der Waals surface area contributed by atoms with Gasteiger partial charge in [-0.2, -0.15) is 0 Å². The molecule has 1 atom stereocenters. The van der Waals surface area contributed by atoms with Gasteiger partial charge in [0, 0.05) is 61.0 Å². The van der Waals surface area contributed by atoms with Crippen LogP contribution < -0.4 is 5.73 Å². The van der Waals surface area contributed by atoms with Crippen LogP contribution in [0.2, 0.25) is 0 Å². The van der Waals surface area contributed by atoms with Crippen molar-refractivity contribution >= 4 is 10.9 Å². The number of nitrogens with zero attached hydrogens (tertiary/aromatic N) is 3. The monoisotopic (exact) mass is 364 g/mol. The lowest BCUT2D eigenvalue weighted by molar-refractivity contribution is 0.308. The number of rotatable bonds is 5. The standard InChI is InChI=1S/C22H28N4.CH4/c1-16-3-4-21-19(13-16)20-15-25(2)12-8-22(20)26(21)14-18(5-9-23)17-6-10-24-11-7-17;/h3-4,6-7,10-11,13,18H,5,8-9,12,14-15,23H2,1-2H3;1H4. The van der Waals surface area contributed by atoms with Gasteiger partial charge in [0.2, 0.25) is 0 Å². The number of benzene rings is 1. The Bertz CT molecular complexity index is 898. The van der Waals surface area contributed by atoms with Gasteiger partial charge in [-0.1, -0.05) is 19.1 Å². The summed E-state index contributed by atoms with van der Waals surface area (Å²) in [7, 11) is 2.22. The lowest BCUT2D eigenvalue weighted by Gasteiger charge is -2.26. The minimum Gasteiger partial charge on any atom is -0.344 e. The van der Waals surface area contributed by atoms with Crippen molar-refractivity contribution in [2.24, 2.45) is 5.73 Å². The van der Waals surface area contributed by atoms with E-state index in [0.717, 1.165) is 32.5 Å². The molecule has 2 aromatic heterocycles. The molecule has 1 unspecified atom stereocenters. The third-order valence-electron chi connectivity index (χ3n) is 5.70. The second-order valence-electron chi connectivity index (χ2n) is 7.60. The van der Waals surface area contributed by atoms with Crippen LogP contribution in [-0.2, 0) is 19.5 Å². The first-order valence-electron chi connectivity index (χ1n) is 9.56. The normalized spacial score (nSPS) is 15.4. The number of pyridine rings is 1. The Labute approximate surface area is 163 Å². The lowest BCUT2D eigenvalue weighted by atomic mass is 9.96. The van der Waals surface area contributed by atoms with Crippen LogP contribution in [0.1, 0.15) is 42.1 Å². The SMILES string of the molecule is C.Cc1ccc2c(c1)c1c(n2CC(CCN)c2ccncc2)CCN(C)C1. The lowest BCUT2D eigenvalue weighted by Crippen LogP contribution is -2.28. The number of aryl methyl sites for hydroxylation is 1. The van der Waals surface area contributed by atoms with Crippen LogP contribution in [0.3, 0.4) is 0 Å². The van der Waals surface area contributed by atoms with Crippen molar-refractivity contribution in [1.82, 2.24) is 14.5 Å². The Hall–Kier alpha value is -2.17. The molecule has 0 saturated carbocycles. The van der Waals surface area contributed by atoms with E-state index in [1.165, 1.54) is 33.3 Å². The number of fused-ring (bicyclic) bond motifs is 3. The Morgan fingerprint density at radius 3 is 2.70 bits per heavy atom. The smallest absolute Gasteiger partial charge is 0.0486 e. The molecule has 0 fully saturated rings. The third kappa shape index (κ3) is 3.78. The van der Waals surface area contributed by atoms with Crippen LogP contribution in [0.15, 0.2) is 42.7 Å². The minimum atomic E-state index is 0. The quantitative estimate of drug-likeness (QED) is 0.741. The topological polar surface area (TPSA) is 47.1 Å². The van der Waals surface area contributed by atoms with E-state index in [1.54, 1.807) is 0 Å². The zero-order valence-electron chi connectivity index (χ0n) is 15.8. The fourth-order valence-electron chi connectivity index (χ4n) is 4.33. The molecule has 1 aromatic carbocycles. The van der Waals surface area contributed by atoms with Crippen molar-refractivity contribution in [2.45, 2.75) is 46.2 Å². The molecule has 2 N–H and O–H groups in total. The van der Waals surface area contributed by atoms with Crippen LogP contribution in [0.5, 0.6) is 0 Å². The molecule has 3 heterocycles. The molecule has 0 spiro atoms. The van der Waals surface area contributed by atoms with Crippen LogP contribution >= 0.6 is 0 Å². The van der Waals surface area contributed by atoms with Gasteiger partial charge >= 0.3 is 0 Å². The van der Waals surface area contributed by atoms with Gasteiger partial charge in [0.1, 0.15) is 0 Å². The molecule has 0 aliphatic carbocycles. The molecule has 1 aliphatic rings. The van der Waals surface area contributed by atoms with E-state index in [1.807, 2.05) is 12.4 Å². The molecular formula is C23H32N4. The average Bonchev–Trinajstić information content (AvgIpc) is 2.94. The summed E-state index contributed by atoms with van der Waals surface area (Å²) in [6.45, 7) is 6.04. The van der Waals surface area contributed by atoms with E-state index in [2.05, 4.69) is 58.8 Å². The van der Waals surface area contributed by atoms with E-state index >= 15 is 0 Å². The summed E-state index contributed by atoms with van der Waals surface area (Å²) in [5, 5.41) is 1.42. The van der Waals surface area contributed by atoms with Crippen molar-refractivity contribution in [3.63, 3.8) is 0 Å². The molecule has 0 saturated heterocycles. The zero-order chi connectivity index (χ0) is 18.1. The maximum Gasteiger partial charge on any atom is 0.0486 e. The fraction of sp³-hybridized carbons (Fsp3) is 0.435. The molecule has 0 amide bonds. The summed E-state index contributed by atoms with van der Waals surface area (Å²) in [5.74, 6) is 0.420. The molecule has 3 aromatic rings. The van der Waals surface area contributed by atoms with E-state index in [-0.39, 0.29) is 7.43 Å². The zero-order valence-corrected chi connectivity index (χ0v) is 15.8. The van der Waals surface area contributed by atoms with Crippen molar-refractivity contribution in [3.8, 4) is 0 Å². The number of likely N-dealkylation sites (N-methyl/N-ethyl adjacent to an activating group) is 1.